The zero-order valence-corrected chi connectivity index (χ0v) is 17.1. The summed E-state index contributed by atoms with van der Waals surface area (Å²) < 4.78 is 0. The van der Waals surface area contributed by atoms with Gasteiger partial charge in [0.2, 0.25) is 0 Å². The molecule has 0 aromatic heterocycles. The summed E-state index contributed by atoms with van der Waals surface area (Å²) in [5.41, 5.74) is 0. The summed E-state index contributed by atoms with van der Waals surface area (Å²) in [6.07, 6.45) is 7.04. The number of aliphatic carboxylic acids is 2. The minimum Gasteiger partial charge on any atom is -0.550 e. The monoisotopic (exact) mass is 350 g/mol. The van der Waals surface area contributed by atoms with Gasteiger partial charge in [0.15, 0.2) is 0 Å². The minimum atomic E-state index is -0.893. The fourth-order valence-electron chi connectivity index (χ4n) is 1.88. The molecule has 0 saturated heterocycles. The topological polar surface area (TPSA) is 80.3 Å². The van der Waals surface area contributed by atoms with Crippen molar-refractivity contribution in [2.45, 2.75) is 79.1 Å². The van der Waals surface area contributed by atoms with E-state index >= 15 is 0 Å². The predicted molar refractivity (Wildman–Crippen MR) is 76.6 cm³/mol. The SMILES string of the molecule is CCCCC(CC)C(=O)[O-].CCCCC(CC)C(=O)[O-].[Zn+2]. The second kappa shape index (κ2) is 17.6. The van der Waals surface area contributed by atoms with E-state index in [4.69, 9.17) is 0 Å². The molecular weight excluding hydrogens is 322 g/mol. The zero-order chi connectivity index (χ0) is 16.0. The van der Waals surface area contributed by atoms with Gasteiger partial charge in [0.25, 0.3) is 0 Å². The molecule has 0 spiro atoms. The van der Waals surface area contributed by atoms with Crippen molar-refractivity contribution >= 4 is 11.9 Å². The zero-order valence-electron chi connectivity index (χ0n) is 14.2. The molecule has 4 nitrogen and oxygen atoms in total. The van der Waals surface area contributed by atoms with E-state index in [2.05, 4.69) is 13.8 Å². The molecule has 0 aromatic carbocycles. The number of rotatable bonds is 10. The summed E-state index contributed by atoms with van der Waals surface area (Å²) in [7, 11) is 0. The predicted octanol–water partition coefficient (Wildman–Crippen LogP) is 1.90. The van der Waals surface area contributed by atoms with E-state index in [1.807, 2.05) is 13.8 Å². The fourth-order valence-corrected chi connectivity index (χ4v) is 1.88. The van der Waals surface area contributed by atoms with Crippen LogP contribution < -0.4 is 10.2 Å². The van der Waals surface area contributed by atoms with E-state index in [-0.39, 0.29) is 31.3 Å². The second-order valence-corrected chi connectivity index (χ2v) is 5.13. The third-order valence-corrected chi connectivity index (χ3v) is 3.46. The van der Waals surface area contributed by atoms with E-state index < -0.39 is 11.9 Å². The summed E-state index contributed by atoms with van der Waals surface area (Å²) in [5.74, 6) is -2.23. The van der Waals surface area contributed by atoms with Gasteiger partial charge in [-0.15, -0.1) is 0 Å². The second-order valence-electron chi connectivity index (χ2n) is 5.13. The summed E-state index contributed by atoms with van der Waals surface area (Å²) in [5, 5.41) is 20.7. The molecule has 5 heteroatoms. The summed E-state index contributed by atoms with van der Waals surface area (Å²) in [4.78, 5) is 20.7. The molecule has 0 fully saturated rings. The van der Waals surface area contributed by atoms with Gasteiger partial charge in [0.1, 0.15) is 0 Å². The van der Waals surface area contributed by atoms with Crippen molar-refractivity contribution in [2.24, 2.45) is 11.8 Å². The van der Waals surface area contributed by atoms with Crippen molar-refractivity contribution < 1.29 is 39.3 Å². The molecule has 0 amide bonds. The molecule has 0 rings (SSSR count). The average Bonchev–Trinajstić information content (AvgIpc) is 2.40. The van der Waals surface area contributed by atoms with Crippen LogP contribution >= 0.6 is 0 Å². The van der Waals surface area contributed by atoms with E-state index in [1.165, 1.54) is 0 Å². The first-order valence-electron chi connectivity index (χ1n) is 7.86. The van der Waals surface area contributed by atoms with Gasteiger partial charge in [-0.05, 0) is 37.5 Å². The Morgan fingerprint density at radius 1 is 0.762 bits per heavy atom. The Hall–Kier alpha value is -0.437. The average molecular weight is 352 g/mol. The third kappa shape index (κ3) is 15.8. The molecule has 0 aromatic rings. The first kappa shape index (κ1) is 25.5. The van der Waals surface area contributed by atoms with E-state index in [0.717, 1.165) is 38.5 Å². The van der Waals surface area contributed by atoms with Crippen LogP contribution in [-0.4, -0.2) is 11.9 Å². The van der Waals surface area contributed by atoms with Gasteiger partial charge in [-0.2, -0.15) is 0 Å². The van der Waals surface area contributed by atoms with Gasteiger partial charge in [0, 0.05) is 11.9 Å². The van der Waals surface area contributed by atoms with Gasteiger partial charge >= 0.3 is 19.5 Å². The van der Waals surface area contributed by atoms with Gasteiger partial charge in [-0.3, -0.25) is 0 Å². The minimum absolute atomic E-state index is 0. The van der Waals surface area contributed by atoms with Crippen molar-refractivity contribution in [3.8, 4) is 0 Å². The first-order chi connectivity index (χ1) is 9.44. The van der Waals surface area contributed by atoms with Crippen LogP contribution in [-0.2, 0) is 29.1 Å². The van der Waals surface area contributed by atoms with Crippen molar-refractivity contribution in [2.75, 3.05) is 0 Å². The van der Waals surface area contributed by atoms with Crippen molar-refractivity contribution in [1.82, 2.24) is 0 Å². The van der Waals surface area contributed by atoms with E-state index in [9.17, 15) is 19.8 Å². The van der Waals surface area contributed by atoms with Crippen LogP contribution in [0.25, 0.3) is 0 Å². The molecule has 0 heterocycles. The molecule has 0 aliphatic carbocycles. The fraction of sp³-hybridized carbons (Fsp3) is 0.875. The number of carboxylic acids is 2. The Balaban J connectivity index is -0.000000295. The van der Waals surface area contributed by atoms with Gasteiger partial charge in [0.05, 0.1) is 0 Å². The van der Waals surface area contributed by atoms with Crippen LogP contribution in [0.2, 0.25) is 0 Å². The van der Waals surface area contributed by atoms with Crippen molar-refractivity contribution in [1.29, 1.82) is 0 Å². The first-order valence-corrected chi connectivity index (χ1v) is 7.86. The number of hydrogen-bond donors (Lipinski definition) is 0. The van der Waals surface area contributed by atoms with Crippen molar-refractivity contribution in [3.05, 3.63) is 0 Å². The van der Waals surface area contributed by atoms with Gasteiger partial charge < -0.3 is 19.8 Å². The third-order valence-electron chi connectivity index (χ3n) is 3.46. The van der Waals surface area contributed by atoms with Crippen molar-refractivity contribution in [3.63, 3.8) is 0 Å². The normalized spacial score (nSPS) is 12.4. The largest absolute Gasteiger partial charge is 2.00 e. The standard InChI is InChI=1S/2C8H16O2.Zn/c2*1-3-5-6-7(4-2)8(9)10;/h2*7H,3-6H2,1-2H3,(H,9,10);/q;;+2/p-2. The Bertz CT molecular complexity index is 231. The molecule has 0 aliphatic heterocycles. The maximum Gasteiger partial charge on any atom is 2.00 e. The van der Waals surface area contributed by atoms with Crippen LogP contribution in [0.1, 0.15) is 79.1 Å². The molecule has 0 aliphatic rings. The molecule has 2 unspecified atom stereocenters. The van der Waals surface area contributed by atoms with E-state index in [0.29, 0.717) is 12.8 Å². The van der Waals surface area contributed by atoms with Crippen LogP contribution in [0.3, 0.4) is 0 Å². The number of carbonyl (C=O) groups excluding carboxylic acids is 2. The molecule has 0 radical (unpaired) electrons. The number of hydrogen-bond acceptors (Lipinski definition) is 4. The Labute approximate surface area is 142 Å². The summed E-state index contributed by atoms with van der Waals surface area (Å²) >= 11 is 0. The summed E-state index contributed by atoms with van der Waals surface area (Å²) in [6.45, 7) is 7.89. The maximum absolute atomic E-state index is 10.3. The number of unbranched alkanes of at least 4 members (excludes halogenated alkanes) is 2. The van der Waals surface area contributed by atoms with Gasteiger partial charge in [-0.1, -0.05) is 53.4 Å². The quantitative estimate of drug-likeness (QED) is 0.563. The molecule has 21 heavy (non-hydrogen) atoms. The smallest absolute Gasteiger partial charge is 0.550 e. The van der Waals surface area contributed by atoms with Crippen LogP contribution in [0.5, 0.6) is 0 Å². The molecular formula is C16H30O4Zn. The number of carbonyl (C=O) groups is 2. The van der Waals surface area contributed by atoms with E-state index in [1.54, 1.807) is 0 Å². The van der Waals surface area contributed by atoms with Crippen LogP contribution in [0.4, 0.5) is 0 Å². The molecule has 0 bridgehead atoms. The molecule has 120 valence electrons. The Morgan fingerprint density at radius 2 is 1.05 bits per heavy atom. The van der Waals surface area contributed by atoms with Crippen LogP contribution in [0, 0.1) is 11.8 Å². The molecule has 2 atom stereocenters. The maximum atomic E-state index is 10.3. The van der Waals surface area contributed by atoms with Gasteiger partial charge in [-0.25, -0.2) is 0 Å². The Kier molecular flexibility index (Phi) is 21.4. The molecule has 0 saturated carbocycles. The summed E-state index contributed by atoms with van der Waals surface area (Å²) in [6, 6.07) is 0. The van der Waals surface area contributed by atoms with Crippen LogP contribution in [0.15, 0.2) is 0 Å². The Morgan fingerprint density at radius 3 is 1.19 bits per heavy atom. The molecule has 0 N–H and O–H groups in total. The number of carboxylic acid groups (broad SMARTS) is 2.